The van der Waals surface area contributed by atoms with Crippen molar-refractivity contribution < 1.29 is 0 Å². The molecule has 82 valence electrons. The minimum atomic E-state index is 0.744. The van der Waals surface area contributed by atoms with Crippen molar-refractivity contribution in [1.29, 1.82) is 0 Å². The van der Waals surface area contributed by atoms with E-state index in [0.717, 1.165) is 33.1 Å². The Morgan fingerprint density at radius 1 is 0.938 bits per heavy atom. The third-order valence-electron chi connectivity index (χ3n) is 2.48. The zero-order valence-corrected chi connectivity index (χ0v) is 10.3. The molecule has 0 unspecified atom stereocenters. The topological polar surface area (TPSA) is 25.8 Å². The van der Waals surface area contributed by atoms with E-state index in [2.05, 4.69) is 9.97 Å². The Morgan fingerprint density at radius 2 is 1.44 bits per heavy atom. The van der Waals surface area contributed by atoms with Crippen LogP contribution < -0.4 is 0 Å². The van der Waals surface area contributed by atoms with Crippen LogP contribution >= 0.6 is 11.6 Å². The first-order valence-electron chi connectivity index (χ1n) is 5.13. The summed E-state index contributed by atoms with van der Waals surface area (Å²) in [7, 11) is 0. The van der Waals surface area contributed by atoms with Crippen molar-refractivity contribution in [2.45, 2.75) is 20.8 Å². The van der Waals surface area contributed by atoms with Crippen LogP contribution in [0.2, 0.25) is 5.02 Å². The molecule has 2 nitrogen and oxygen atoms in total. The van der Waals surface area contributed by atoms with Gasteiger partial charge in [-0.15, -0.1) is 0 Å². The maximum atomic E-state index is 6.12. The van der Waals surface area contributed by atoms with Crippen LogP contribution in [0, 0.1) is 20.8 Å². The molecule has 0 N–H and O–H groups in total. The van der Waals surface area contributed by atoms with Gasteiger partial charge in [-0.3, -0.25) is 0 Å². The molecule has 2 rings (SSSR count). The molecule has 0 radical (unpaired) electrons. The Bertz CT molecular complexity index is 495. The van der Waals surface area contributed by atoms with Crippen molar-refractivity contribution in [3.63, 3.8) is 0 Å². The summed E-state index contributed by atoms with van der Waals surface area (Å²) in [5.41, 5.74) is 4.19. The third-order valence-corrected chi connectivity index (χ3v) is 3.07. The summed E-state index contributed by atoms with van der Waals surface area (Å²) >= 11 is 6.12. The lowest BCUT2D eigenvalue weighted by Crippen LogP contribution is -1.91. The molecule has 2 aromatic rings. The van der Waals surface area contributed by atoms with Gasteiger partial charge in [-0.2, -0.15) is 0 Å². The van der Waals surface area contributed by atoms with E-state index in [4.69, 9.17) is 11.6 Å². The van der Waals surface area contributed by atoms with Gasteiger partial charge in [0.1, 0.15) is 0 Å². The maximum absolute atomic E-state index is 6.12. The molecule has 0 aliphatic rings. The SMILES string of the molecule is Cc1cnc(-c2cc(C)c(Cl)c(C)c2)nc1. The molecule has 1 aromatic carbocycles. The predicted molar refractivity (Wildman–Crippen MR) is 66.7 cm³/mol. The van der Waals surface area contributed by atoms with Gasteiger partial charge in [-0.1, -0.05) is 11.6 Å². The second-order valence-corrected chi connectivity index (χ2v) is 4.39. The maximum Gasteiger partial charge on any atom is 0.159 e. The Balaban J connectivity index is 2.52. The second-order valence-electron chi connectivity index (χ2n) is 4.01. The second kappa shape index (κ2) is 4.22. The number of hydrogen-bond acceptors (Lipinski definition) is 2. The van der Waals surface area contributed by atoms with Gasteiger partial charge in [0.25, 0.3) is 0 Å². The average molecular weight is 233 g/mol. The Hall–Kier alpha value is -1.41. The molecule has 0 amide bonds. The van der Waals surface area contributed by atoms with Crippen LogP contribution in [0.3, 0.4) is 0 Å². The normalized spacial score (nSPS) is 10.5. The quantitative estimate of drug-likeness (QED) is 0.749. The summed E-state index contributed by atoms with van der Waals surface area (Å²) < 4.78 is 0. The minimum absolute atomic E-state index is 0.744. The van der Waals surface area contributed by atoms with E-state index in [-0.39, 0.29) is 0 Å². The van der Waals surface area contributed by atoms with Gasteiger partial charge in [0.2, 0.25) is 0 Å². The number of hydrogen-bond donors (Lipinski definition) is 0. The van der Waals surface area contributed by atoms with Crippen LogP contribution in [-0.4, -0.2) is 9.97 Å². The number of benzene rings is 1. The highest BCUT2D eigenvalue weighted by Crippen LogP contribution is 2.26. The molecule has 1 heterocycles. The van der Waals surface area contributed by atoms with Crippen molar-refractivity contribution in [3.8, 4) is 11.4 Å². The van der Waals surface area contributed by atoms with Gasteiger partial charge in [0, 0.05) is 23.0 Å². The molecule has 0 aliphatic heterocycles. The van der Waals surface area contributed by atoms with Crippen molar-refractivity contribution in [3.05, 3.63) is 46.2 Å². The van der Waals surface area contributed by atoms with E-state index in [1.807, 2.05) is 45.3 Å². The smallest absolute Gasteiger partial charge is 0.159 e. The molecule has 3 heteroatoms. The lowest BCUT2D eigenvalue weighted by molar-refractivity contribution is 1.13. The van der Waals surface area contributed by atoms with Gasteiger partial charge in [0.15, 0.2) is 5.82 Å². The number of rotatable bonds is 1. The van der Waals surface area contributed by atoms with Gasteiger partial charge in [-0.05, 0) is 49.6 Å². The van der Waals surface area contributed by atoms with E-state index in [9.17, 15) is 0 Å². The minimum Gasteiger partial charge on any atom is -0.236 e. The zero-order chi connectivity index (χ0) is 11.7. The van der Waals surface area contributed by atoms with E-state index in [1.165, 1.54) is 0 Å². The van der Waals surface area contributed by atoms with Crippen molar-refractivity contribution >= 4 is 11.6 Å². The average Bonchev–Trinajstić information content (AvgIpc) is 2.26. The van der Waals surface area contributed by atoms with Crippen LogP contribution in [-0.2, 0) is 0 Å². The first-order valence-corrected chi connectivity index (χ1v) is 5.51. The molecule has 0 bridgehead atoms. The zero-order valence-electron chi connectivity index (χ0n) is 9.58. The summed E-state index contributed by atoms with van der Waals surface area (Å²) in [5.74, 6) is 0.744. The molecule has 0 saturated heterocycles. The van der Waals surface area contributed by atoms with Crippen LogP contribution in [0.15, 0.2) is 24.5 Å². The monoisotopic (exact) mass is 232 g/mol. The Kier molecular flexibility index (Phi) is 2.92. The lowest BCUT2D eigenvalue weighted by Gasteiger charge is -2.06. The highest BCUT2D eigenvalue weighted by Gasteiger charge is 2.06. The lowest BCUT2D eigenvalue weighted by atomic mass is 10.1. The van der Waals surface area contributed by atoms with Crippen molar-refractivity contribution in [2.75, 3.05) is 0 Å². The fourth-order valence-corrected chi connectivity index (χ4v) is 1.73. The number of aromatic nitrogens is 2. The Morgan fingerprint density at radius 3 is 1.94 bits per heavy atom. The molecule has 16 heavy (non-hydrogen) atoms. The van der Waals surface area contributed by atoms with E-state index in [1.54, 1.807) is 0 Å². The standard InChI is InChI=1S/C13H13ClN2/c1-8-6-15-13(16-7-8)11-4-9(2)12(14)10(3)5-11/h4-7H,1-3H3. The van der Waals surface area contributed by atoms with Gasteiger partial charge >= 0.3 is 0 Å². The summed E-state index contributed by atoms with van der Waals surface area (Å²) in [6, 6.07) is 4.03. The van der Waals surface area contributed by atoms with Gasteiger partial charge in [-0.25, -0.2) is 9.97 Å². The summed E-state index contributed by atoms with van der Waals surface area (Å²) in [4.78, 5) is 8.61. The number of aryl methyl sites for hydroxylation is 3. The first kappa shape index (κ1) is 11.1. The molecule has 1 aromatic heterocycles. The van der Waals surface area contributed by atoms with Crippen LogP contribution in [0.4, 0.5) is 0 Å². The van der Waals surface area contributed by atoms with E-state index >= 15 is 0 Å². The molecule has 0 aliphatic carbocycles. The molecular formula is C13H13ClN2. The van der Waals surface area contributed by atoms with Gasteiger partial charge < -0.3 is 0 Å². The first-order chi connectivity index (χ1) is 7.58. The van der Waals surface area contributed by atoms with Crippen molar-refractivity contribution in [2.24, 2.45) is 0 Å². The molecular weight excluding hydrogens is 220 g/mol. The number of halogens is 1. The fraction of sp³-hybridized carbons (Fsp3) is 0.231. The largest absolute Gasteiger partial charge is 0.236 e. The van der Waals surface area contributed by atoms with E-state index in [0.29, 0.717) is 0 Å². The predicted octanol–water partition coefficient (Wildman–Crippen LogP) is 3.72. The van der Waals surface area contributed by atoms with E-state index < -0.39 is 0 Å². The van der Waals surface area contributed by atoms with Gasteiger partial charge in [0.05, 0.1) is 0 Å². The third kappa shape index (κ3) is 2.07. The summed E-state index contributed by atoms with van der Waals surface area (Å²) in [6.07, 6.45) is 3.64. The Labute approximate surface area is 100 Å². The molecule has 0 fully saturated rings. The van der Waals surface area contributed by atoms with Crippen LogP contribution in [0.5, 0.6) is 0 Å². The molecule has 0 spiro atoms. The molecule has 0 saturated carbocycles. The summed E-state index contributed by atoms with van der Waals surface area (Å²) in [6.45, 7) is 5.96. The van der Waals surface area contributed by atoms with Crippen molar-refractivity contribution in [1.82, 2.24) is 9.97 Å². The number of nitrogens with zero attached hydrogens (tertiary/aromatic N) is 2. The highest BCUT2D eigenvalue weighted by atomic mass is 35.5. The summed E-state index contributed by atoms with van der Waals surface area (Å²) in [5, 5.41) is 0.816. The molecule has 0 atom stereocenters. The fourth-order valence-electron chi connectivity index (χ4n) is 1.62. The van der Waals surface area contributed by atoms with Crippen LogP contribution in [0.1, 0.15) is 16.7 Å². The van der Waals surface area contributed by atoms with Crippen LogP contribution in [0.25, 0.3) is 11.4 Å². The highest BCUT2D eigenvalue weighted by molar-refractivity contribution is 6.32.